The molecular formula is C22H23FN2O2. The molecule has 1 aliphatic heterocycles. The lowest BCUT2D eigenvalue weighted by Gasteiger charge is -2.26. The molecule has 4 rings (SSSR count). The van der Waals surface area contributed by atoms with Crippen molar-refractivity contribution in [3.8, 4) is 5.75 Å². The van der Waals surface area contributed by atoms with Gasteiger partial charge in [-0.05, 0) is 74.1 Å². The molecule has 0 spiro atoms. The minimum Gasteiger partial charge on any atom is -0.494 e. The molecule has 140 valence electrons. The van der Waals surface area contributed by atoms with Crippen molar-refractivity contribution in [3.63, 3.8) is 0 Å². The number of aliphatic imine (C=N–C) groups is 1. The average molecular weight is 366 g/mol. The number of ether oxygens (including phenoxy) is 1. The Morgan fingerprint density at radius 1 is 1.22 bits per heavy atom. The summed E-state index contributed by atoms with van der Waals surface area (Å²) in [5, 5.41) is 0. The van der Waals surface area contributed by atoms with Gasteiger partial charge in [0.1, 0.15) is 0 Å². The van der Waals surface area contributed by atoms with Gasteiger partial charge in [0.15, 0.2) is 11.6 Å². The molecule has 2 aromatic carbocycles. The fourth-order valence-corrected chi connectivity index (χ4v) is 3.93. The van der Waals surface area contributed by atoms with Crippen LogP contribution in [0, 0.1) is 25.6 Å². The minimum absolute atomic E-state index is 0.0597. The second-order valence-electron chi connectivity index (χ2n) is 7.37. The maximum atomic E-state index is 14.2. The molecule has 1 atom stereocenters. The Morgan fingerprint density at radius 3 is 2.74 bits per heavy atom. The third kappa shape index (κ3) is 3.11. The van der Waals surface area contributed by atoms with E-state index < -0.39 is 5.82 Å². The van der Waals surface area contributed by atoms with Gasteiger partial charge in [0.2, 0.25) is 5.91 Å². The number of carbonyl (C=O) groups excluding carboxylic acids is 1. The Morgan fingerprint density at radius 2 is 2.00 bits per heavy atom. The van der Waals surface area contributed by atoms with Crippen LogP contribution in [0.25, 0.3) is 0 Å². The summed E-state index contributed by atoms with van der Waals surface area (Å²) in [5.74, 6) is -0.324. The third-order valence-electron chi connectivity index (χ3n) is 5.59. The number of aryl methyl sites for hydroxylation is 2. The van der Waals surface area contributed by atoms with E-state index in [1.54, 1.807) is 17.0 Å². The number of rotatable bonds is 3. The minimum atomic E-state index is -0.421. The second-order valence-corrected chi connectivity index (χ2v) is 7.37. The normalized spacial score (nSPS) is 18.7. The summed E-state index contributed by atoms with van der Waals surface area (Å²) in [5.41, 5.74) is 5.61. The van der Waals surface area contributed by atoms with E-state index in [4.69, 9.17) is 9.73 Å². The van der Waals surface area contributed by atoms with Crippen molar-refractivity contribution in [3.05, 3.63) is 52.8 Å². The van der Waals surface area contributed by atoms with Gasteiger partial charge in [0.25, 0.3) is 0 Å². The zero-order valence-electron chi connectivity index (χ0n) is 15.9. The summed E-state index contributed by atoms with van der Waals surface area (Å²) in [6.07, 6.45) is 2.69. The SMILES string of the molecule is COc1ccc(CN2C(=O)[C@@H]3CCCC3=Nc3cc(C)c(C)cc32)cc1F. The largest absolute Gasteiger partial charge is 0.494 e. The summed E-state index contributed by atoms with van der Waals surface area (Å²) in [7, 11) is 1.44. The van der Waals surface area contributed by atoms with Crippen molar-refractivity contribution >= 4 is 23.0 Å². The Kier molecular flexibility index (Phi) is 4.46. The van der Waals surface area contributed by atoms with E-state index in [1.807, 2.05) is 19.1 Å². The molecule has 5 heteroatoms. The summed E-state index contributed by atoms with van der Waals surface area (Å²) in [6, 6.07) is 8.91. The number of fused-ring (bicyclic) bond motifs is 2. The highest BCUT2D eigenvalue weighted by Gasteiger charge is 2.36. The number of methoxy groups -OCH3 is 1. The Hall–Kier alpha value is -2.69. The number of benzene rings is 2. The zero-order chi connectivity index (χ0) is 19.1. The standard InChI is InChI=1S/C22H23FN2O2/c1-13-9-19-20(10-14(13)2)25(22(26)16-5-4-6-18(16)24-19)12-15-7-8-21(27-3)17(23)11-15/h7-11,16H,4-6,12H2,1-3H3/t16-/m1/s1. The molecule has 1 aliphatic carbocycles. The lowest BCUT2D eigenvalue weighted by Crippen LogP contribution is -2.36. The molecule has 0 radical (unpaired) electrons. The fourth-order valence-electron chi connectivity index (χ4n) is 3.93. The lowest BCUT2D eigenvalue weighted by atomic mass is 10.0. The molecule has 0 aromatic heterocycles. The summed E-state index contributed by atoms with van der Waals surface area (Å²) < 4.78 is 19.2. The van der Waals surface area contributed by atoms with Crippen LogP contribution in [0.2, 0.25) is 0 Å². The van der Waals surface area contributed by atoms with Gasteiger partial charge < -0.3 is 9.64 Å². The van der Waals surface area contributed by atoms with Crippen LogP contribution in [-0.2, 0) is 11.3 Å². The molecule has 0 saturated heterocycles. The average Bonchev–Trinajstić information content (AvgIpc) is 3.07. The highest BCUT2D eigenvalue weighted by Crippen LogP contribution is 2.40. The third-order valence-corrected chi connectivity index (χ3v) is 5.59. The molecule has 1 saturated carbocycles. The number of hydrogen-bond donors (Lipinski definition) is 0. The van der Waals surface area contributed by atoms with Gasteiger partial charge in [-0.15, -0.1) is 0 Å². The monoisotopic (exact) mass is 366 g/mol. The van der Waals surface area contributed by atoms with Gasteiger partial charge in [-0.2, -0.15) is 0 Å². The van der Waals surface area contributed by atoms with Crippen molar-refractivity contribution in [1.29, 1.82) is 0 Å². The summed E-state index contributed by atoms with van der Waals surface area (Å²) in [6.45, 7) is 4.40. The van der Waals surface area contributed by atoms with Crippen molar-refractivity contribution < 1.29 is 13.9 Å². The molecule has 27 heavy (non-hydrogen) atoms. The smallest absolute Gasteiger partial charge is 0.236 e. The Balaban J connectivity index is 1.79. The summed E-state index contributed by atoms with van der Waals surface area (Å²) >= 11 is 0. The van der Waals surface area contributed by atoms with Crippen LogP contribution < -0.4 is 9.64 Å². The maximum absolute atomic E-state index is 14.2. The second kappa shape index (κ2) is 6.80. The van der Waals surface area contributed by atoms with E-state index in [-0.39, 0.29) is 17.6 Å². The van der Waals surface area contributed by atoms with Gasteiger partial charge in [-0.1, -0.05) is 6.07 Å². The van der Waals surface area contributed by atoms with E-state index in [9.17, 15) is 9.18 Å². The van der Waals surface area contributed by atoms with E-state index in [1.165, 1.54) is 13.2 Å². The molecule has 4 nitrogen and oxygen atoms in total. The number of halogens is 1. The number of nitrogens with zero attached hydrogens (tertiary/aromatic N) is 2. The first-order valence-electron chi connectivity index (χ1n) is 9.30. The van der Waals surface area contributed by atoms with Crippen LogP contribution in [0.15, 0.2) is 35.3 Å². The van der Waals surface area contributed by atoms with Crippen molar-refractivity contribution in [1.82, 2.24) is 0 Å². The van der Waals surface area contributed by atoms with E-state index >= 15 is 0 Å². The lowest BCUT2D eigenvalue weighted by molar-refractivity contribution is -0.120. The predicted octanol–water partition coefficient (Wildman–Crippen LogP) is 4.87. The molecule has 2 aromatic rings. The van der Waals surface area contributed by atoms with Crippen LogP contribution in [-0.4, -0.2) is 18.7 Å². The molecule has 0 N–H and O–H groups in total. The van der Waals surface area contributed by atoms with Crippen molar-refractivity contribution in [2.75, 3.05) is 12.0 Å². The van der Waals surface area contributed by atoms with Gasteiger partial charge in [-0.3, -0.25) is 9.79 Å². The fraction of sp³-hybridized carbons (Fsp3) is 0.364. The Bertz CT molecular complexity index is 952. The maximum Gasteiger partial charge on any atom is 0.236 e. The topological polar surface area (TPSA) is 41.9 Å². The number of carbonyl (C=O) groups is 1. The zero-order valence-corrected chi connectivity index (χ0v) is 15.9. The Labute approximate surface area is 158 Å². The predicted molar refractivity (Wildman–Crippen MR) is 104 cm³/mol. The van der Waals surface area contributed by atoms with Gasteiger partial charge in [0, 0.05) is 5.71 Å². The van der Waals surface area contributed by atoms with Gasteiger partial charge >= 0.3 is 0 Å². The molecule has 0 bridgehead atoms. The van der Waals surface area contributed by atoms with Gasteiger partial charge in [0.05, 0.1) is 30.9 Å². The van der Waals surface area contributed by atoms with E-state index in [0.29, 0.717) is 6.54 Å². The van der Waals surface area contributed by atoms with Crippen molar-refractivity contribution in [2.45, 2.75) is 39.7 Å². The molecule has 2 aliphatic rings. The summed E-state index contributed by atoms with van der Waals surface area (Å²) in [4.78, 5) is 19.9. The van der Waals surface area contributed by atoms with E-state index in [0.717, 1.165) is 53.0 Å². The molecule has 1 heterocycles. The van der Waals surface area contributed by atoms with Crippen LogP contribution in [0.1, 0.15) is 36.0 Å². The molecule has 1 fully saturated rings. The van der Waals surface area contributed by atoms with E-state index in [2.05, 4.69) is 6.92 Å². The van der Waals surface area contributed by atoms with Gasteiger partial charge in [-0.25, -0.2) is 4.39 Å². The first kappa shape index (κ1) is 17.7. The van der Waals surface area contributed by atoms with Crippen LogP contribution in [0.5, 0.6) is 5.75 Å². The molecule has 0 unspecified atom stereocenters. The highest BCUT2D eigenvalue weighted by molar-refractivity contribution is 6.15. The van der Waals surface area contributed by atoms with Crippen LogP contribution >= 0.6 is 0 Å². The van der Waals surface area contributed by atoms with Crippen LogP contribution in [0.3, 0.4) is 0 Å². The highest BCUT2D eigenvalue weighted by atomic mass is 19.1. The number of amides is 1. The number of anilines is 1. The van der Waals surface area contributed by atoms with Crippen LogP contribution in [0.4, 0.5) is 15.8 Å². The first-order valence-corrected chi connectivity index (χ1v) is 9.30. The molecular weight excluding hydrogens is 343 g/mol. The quantitative estimate of drug-likeness (QED) is 0.778. The van der Waals surface area contributed by atoms with Crippen molar-refractivity contribution in [2.24, 2.45) is 10.9 Å². The molecule has 1 amide bonds. The first-order chi connectivity index (χ1) is 13.0. The number of hydrogen-bond acceptors (Lipinski definition) is 3.